The lowest BCUT2D eigenvalue weighted by Crippen LogP contribution is -2.60. The van der Waals surface area contributed by atoms with E-state index in [1.807, 2.05) is 6.26 Å². The average Bonchev–Trinajstić information content (AvgIpc) is 2.33. The van der Waals surface area contributed by atoms with Gasteiger partial charge in [-0.05, 0) is 18.9 Å². The minimum atomic E-state index is -1.54. The monoisotopic (exact) mass is 277 g/mol. The molecule has 0 aliphatic heterocycles. The van der Waals surface area contributed by atoms with Crippen LogP contribution in [-0.4, -0.2) is 36.2 Å². The minimum Gasteiger partial charge on any atom is -0.419 e. The molecule has 0 rings (SSSR count). The number of thioether (sulfide) groups is 1. The summed E-state index contributed by atoms with van der Waals surface area (Å²) in [6.45, 7) is 5.27. The lowest BCUT2D eigenvalue weighted by molar-refractivity contribution is -0.156. The Hall–Kier alpha value is -1.09. The molecule has 0 aromatic heterocycles. The van der Waals surface area contributed by atoms with Crippen LogP contribution in [0.1, 0.15) is 13.3 Å². The Bertz CT molecular complexity index is 314. The van der Waals surface area contributed by atoms with Gasteiger partial charge in [-0.1, -0.05) is 6.58 Å². The summed E-state index contributed by atoms with van der Waals surface area (Å²) in [5, 5.41) is 0. The van der Waals surface area contributed by atoms with Gasteiger partial charge in [-0.3, -0.25) is 9.63 Å². The number of nitrogens with two attached hydrogens (primary N) is 2. The van der Waals surface area contributed by atoms with Crippen molar-refractivity contribution < 1.29 is 19.2 Å². The molecule has 0 aromatic carbocycles. The smallest absolute Gasteiger partial charge is 0.348 e. The molecule has 0 bridgehead atoms. The first kappa shape index (κ1) is 16.9. The lowest BCUT2D eigenvalue weighted by Gasteiger charge is -2.27. The topological polar surface area (TPSA) is 117 Å². The Morgan fingerprint density at radius 3 is 2.56 bits per heavy atom. The van der Waals surface area contributed by atoms with E-state index < -0.39 is 23.3 Å². The van der Waals surface area contributed by atoms with Crippen molar-refractivity contribution >= 4 is 23.6 Å². The summed E-state index contributed by atoms with van der Waals surface area (Å²) >= 11 is 1.51. The van der Waals surface area contributed by atoms with Crippen LogP contribution in [0.4, 0.5) is 0 Å². The Labute approximate surface area is 110 Å². The summed E-state index contributed by atoms with van der Waals surface area (Å²) < 4.78 is 4.69. The van der Waals surface area contributed by atoms with E-state index in [1.54, 1.807) is 6.92 Å². The van der Waals surface area contributed by atoms with Crippen molar-refractivity contribution in [1.82, 2.24) is 5.48 Å². The second-order valence-corrected chi connectivity index (χ2v) is 4.41. The van der Waals surface area contributed by atoms with Gasteiger partial charge in [0.2, 0.25) is 0 Å². The van der Waals surface area contributed by atoms with E-state index in [1.165, 1.54) is 11.8 Å². The first-order chi connectivity index (χ1) is 8.37. The molecule has 0 aliphatic carbocycles. The number of amides is 1. The molecular weight excluding hydrogens is 258 g/mol. The summed E-state index contributed by atoms with van der Waals surface area (Å²) in [4.78, 5) is 27.5. The SMILES string of the molecule is C=C(OC(=O)C(N)(CCSC)NOCC)C(N)=O. The van der Waals surface area contributed by atoms with Crippen molar-refractivity contribution in [2.45, 2.75) is 19.0 Å². The van der Waals surface area contributed by atoms with Gasteiger partial charge < -0.3 is 16.2 Å². The van der Waals surface area contributed by atoms with E-state index in [2.05, 4.69) is 16.8 Å². The maximum absolute atomic E-state index is 11.8. The van der Waals surface area contributed by atoms with Crippen LogP contribution in [0.15, 0.2) is 12.3 Å². The van der Waals surface area contributed by atoms with E-state index in [0.29, 0.717) is 12.4 Å². The fraction of sp³-hybridized carbons (Fsp3) is 0.600. The van der Waals surface area contributed by atoms with Gasteiger partial charge in [0.05, 0.1) is 6.61 Å². The van der Waals surface area contributed by atoms with E-state index in [9.17, 15) is 9.59 Å². The third kappa shape index (κ3) is 5.50. The van der Waals surface area contributed by atoms with Gasteiger partial charge in [0.25, 0.3) is 5.91 Å². The van der Waals surface area contributed by atoms with E-state index >= 15 is 0 Å². The number of esters is 1. The number of nitrogens with one attached hydrogen (secondary N) is 1. The van der Waals surface area contributed by atoms with Crippen molar-refractivity contribution in [3.8, 4) is 0 Å². The standard InChI is InChI=1S/C10H19N3O4S/c1-4-16-13-10(12,5-6-18-3)9(15)17-7(2)8(11)14/h13H,2,4-6,12H2,1,3H3,(H2,11,14). The van der Waals surface area contributed by atoms with Crippen molar-refractivity contribution in [3.63, 3.8) is 0 Å². The van der Waals surface area contributed by atoms with Crippen LogP contribution >= 0.6 is 11.8 Å². The van der Waals surface area contributed by atoms with Gasteiger partial charge in [-0.25, -0.2) is 4.79 Å². The van der Waals surface area contributed by atoms with Gasteiger partial charge in [-0.2, -0.15) is 17.2 Å². The van der Waals surface area contributed by atoms with Crippen LogP contribution in [-0.2, 0) is 19.2 Å². The first-order valence-corrected chi connectivity index (χ1v) is 6.64. The van der Waals surface area contributed by atoms with Crippen molar-refractivity contribution in [2.75, 3.05) is 18.6 Å². The third-order valence-electron chi connectivity index (χ3n) is 1.95. The summed E-state index contributed by atoms with van der Waals surface area (Å²) in [5.41, 5.74) is 11.6. The zero-order valence-electron chi connectivity index (χ0n) is 10.5. The zero-order chi connectivity index (χ0) is 14.2. The molecule has 0 saturated carbocycles. The third-order valence-corrected chi connectivity index (χ3v) is 2.57. The highest BCUT2D eigenvalue weighted by Gasteiger charge is 2.36. The molecule has 1 amide bonds. The molecule has 5 N–H and O–H groups in total. The predicted molar refractivity (Wildman–Crippen MR) is 69.1 cm³/mol. The van der Waals surface area contributed by atoms with Crippen LogP contribution in [0, 0.1) is 0 Å². The fourth-order valence-electron chi connectivity index (χ4n) is 0.912. The fourth-order valence-corrected chi connectivity index (χ4v) is 1.44. The van der Waals surface area contributed by atoms with Gasteiger partial charge >= 0.3 is 5.97 Å². The number of ether oxygens (including phenoxy) is 1. The molecule has 104 valence electrons. The molecule has 1 unspecified atom stereocenters. The Morgan fingerprint density at radius 1 is 1.50 bits per heavy atom. The molecule has 0 aromatic rings. The second kappa shape index (κ2) is 8.09. The second-order valence-electron chi connectivity index (χ2n) is 3.43. The number of hydrogen-bond donors (Lipinski definition) is 3. The van der Waals surface area contributed by atoms with Crippen molar-refractivity contribution in [1.29, 1.82) is 0 Å². The first-order valence-electron chi connectivity index (χ1n) is 5.25. The summed E-state index contributed by atoms with van der Waals surface area (Å²) in [7, 11) is 0. The molecule has 0 spiro atoms. The van der Waals surface area contributed by atoms with Crippen LogP contribution < -0.4 is 16.9 Å². The van der Waals surface area contributed by atoms with Crippen LogP contribution in [0.2, 0.25) is 0 Å². The molecule has 1 atom stereocenters. The average molecular weight is 277 g/mol. The Balaban J connectivity index is 4.67. The highest BCUT2D eigenvalue weighted by atomic mass is 32.2. The number of hydroxylamine groups is 1. The molecule has 7 nitrogen and oxygen atoms in total. The van der Waals surface area contributed by atoms with Gasteiger partial charge in [-0.15, -0.1) is 0 Å². The Kier molecular flexibility index (Phi) is 7.60. The number of rotatable bonds is 9. The van der Waals surface area contributed by atoms with Crippen molar-refractivity contribution in [2.24, 2.45) is 11.5 Å². The summed E-state index contributed by atoms with van der Waals surface area (Å²) in [5.74, 6) is -1.65. The molecule has 0 heterocycles. The highest BCUT2D eigenvalue weighted by molar-refractivity contribution is 7.98. The molecule has 0 radical (unpaired) electrons. The molecule has 0 saturated heterocycles. The van der Waals surface area contributed by atoms with Crippen LogP contribution in [0.5, 0.6) is 0 Å². The predicted octanol–water partition coefficient (Wildman–Crippen LogP) is -0.522. The Morgan fingerprint density at radius 2 is 2.11 bits per heavy atom. The highest BCUT2D eigenvalue weighted by Crippen LogP contribution is 2.12. The van der Waals surface area contributed by atoms with Crippen LogP contribution in [0.25, 0.3) is 0 Å². The van der Waals surface area contributed by atoms with Gasteiger partial charge in [0.15, 0.2) is 11.4 Å². The zero-order valence-corrected chi connectivity index (χ0v) is 11.3. The summed E-state index contributed by atoms with van der Waals surface area (Å²) in [6.07, 6.45) is 2.13. The van der Waals surface area contributed by atoms with E-state index in [0.717, 1.165) is 0 Å². The molecule has 0 fully saturated rings. The normalized spacial score (nSPS) is 13.7. The maximum Gasteiger partial charge on any atom is 0.348 e. The quantitative estimate of drug-likeness (QED) is 0.171. The maximum atomic E-state index is 11.8. The van der Waals surface area contributed by atoms with Gasteiger partial charge in [0, 0.05) is 6.42 Å². The number of hydrogen-bond acceptors (Lipinski definition) is 7. The largest absolute Gasteiger partial charge is 0.419 e. The minimum absolute atomic E-state index is 0.263. The van der Waals surface area contributed by atoms with Crippen LogP contribution in [0.3, 0.4) is 0 Å². The van der Waals surface area contributed by atoms with Crippen molar-refractivity contribution in [3.05, 3.63) is 12.3 Å². The van der Waals surface area contributed by atoms with Gasteiger partial charge in [0.1, 0.15) is 0 Å². The number of carbonyl (C=O) groups excluding carboxylic acids is 2. The summed E-state index contributed by atoms with van der Waals surface area (Å²) in [6, 6.07) is 0. The van der Waals surface area contributed by atoms with E-state index in [-0.39, 0.29) is 6.42 Å². The number of primary amides is 1. The molecule has 18 heavy (non-hydrogen) atoms. The molecule has 8 heteroatoms. The number of carbonyl (C=O) groups is 2. The molecular formula is C10H19N3O4S. The lowest BCUT2D eigenvalue weighted by atomic mass is 10.1. The molecule has 0 aliphatic rings. The van der Waals surface area contributed by atoms with E-state index in [4.69, 9.17) is 16.3 Å².